The molecule has 0 amide bonds. The average molecular weight is 530 g/mol. The zero-order valence-corrected chi connectivity index (χ0v) is 22.7. The van der Waals surface area contributed by atoms with E-state index in [9.17, 15) is 9.18 Å². The Kier molecular flexibility index (Phi) is 8.76. The Hall–Kier alpha value is -2.93. The van der Waals surface area contributed by atoms with Gasteiger partial charge < -0.3 is 24.5 Å². The van der Waals surface area contributed by atoms with Crippen molar-refractivity contribution in [3.05, 3.63) is 12.4 Å². The molecule has 0 radical (unpaired) electrons. The molecule has 0 spiro atoms. The van der Waals surface area contributed by atoms with Crippen LogP contribution < -0.4 is 5.73 Å². The van der Waals surface area contributed by atoms with Crippen molar-refractivity contribution >= 4 is 23.1 Å². The number of carbonyl (C=O) groups excluding carboxylic acids is 1. The predicted molar refractivity (Wildman–Crippen MR) is 141 cm³/mol. The van der Waals surface area contributed by atoms with Gasteiger partial charge in [0.1, 0.15) is 12.1 Å². The first-order valence-electron chi connectivity index (χ1n) is 13.6. The van der Waals surface area contributed by atoms with Crippen LogP contribution in [0, 0.1) is 41.6 Å². The van der Waals surface area contributed by atoms with Gasteiger partial charge in [-0.3, -0.25) is 0 Å². The van der Waals surface area contributed by atoms with Crippen molar-refractivity contribution < 1.29 is 23.4 Å². The zero-order valence-electron chi connectivity index (χ0n) is 22.7. The van der Waals surface area contributed by atoms with Crippen LogP contribution in [0.5, 0.6) is 0 Å². The molecule has 2 aliphatic rings. The summed E-state index contributed by atoms with van der Waals surface area (Å²) in [5.41, 5.74) is 5.47. The molecule has 2 N–H and O–H groups in total. The lowest BCUT2D eigenvalue weighted by Crippen LogP contribution is -2.37. The molecule has 0 aliphatic heterocycles. The second-order valence-electron chi connectivity index (χ2n) is 11.7. The average Bonchev–Trinajstić information content (AvgIpc) is 3.26. The molecular formula is C28H40FN5O4. The van der Waals surface area contributed by atoms with Crippen LogP contribution in [0.1, 0.15) is 71.6 Å². The van der Waals surface area contributed by atoms with Gasteiger partial charge in [-0.1, -0.05) is 19.8 Å². The van der Waals surface area contributed by atoms with Crippen LogP contribution >= 0.6 is 0 Å². The summed E-state index contributed by atoms with van der Waals surface area (Å²) in [5.74, 6) is 5.16. The molecule has 10 heteroatoms. The molecule has 2 bridgehead atoms. The van der Waals surface area contributed by atoms with Crippen molar-refractivity contribution in [1.29, 1.82) is 0 Å². The third kappa shape index (κ3) is 6.73. The number of aromatic nitrogens is 4. The lowest BCUT2D eigenvalue weighted by atomic mass is 9.58. The van der Waals surface area contributed by atoms with E-state index in [-0.39, 0.29) is 31.0 Å². The highest BCUT2D eigenvalue weighted by Crippen LogP contribution is 2.52. The van der Waals surface area contributed by atoms with Crippen LogP contribution in [0.15, 0.2) is 6.33 Å². The number of hydrogen-bond acceptors (Lipinski definition) is 8. The van der Waals surface area contributed by atoms with Crippen LogP contribution in [-0.2, 0) is 20.8 Å². The van der Waals surface area contributed by atoms with Crippen molar-refractivity contribution in [1.82, 2.24) is 19.5 Å². The number of anilines is 1. The van der Waals surface area contributed by atoms with Crippen LogP contribution in [0.2, 0.25) is 0 Å². The van der Waals surface area contributed by atoms with Crippen LogP contribution in [0.25, 0.3) is 11.2 Å². The highest BCUT2D eigenvalue weighted by Gasteiger charge is 2.40. The molecule has 2 aromatic heterocycles. The molecule has 38 heavy (non-hydrogen) atoms. The highest BCUT2D eigenvalue weighted by molar-refractivity contribution is 5.81. The first-order chi connectivity index (χ1) is 18.1. The number of halogens is 1. The molecule has 2 fully saturated rings. The number of methoxy groups -OCH3 is 1. The molecule has 0 saturated heterocycles. The van der Waals surface area contributed by atoms with Crippen LogP contribution in [-0.4, -0.2) is 51.6 Å². The van der Waals surface area contributed by atoms with E-state index in [0.29, 0.717) is 17.5 Å². The molecule has 3 atom stereocenters. The van der Waals surface area contributed by atoms with Crippen molar-refractivity contribution in [2.75, 3.05) is 26.1 Å². The first-order valence-corrected chi connectivity index (χ1v) is 13.6. The maximum absolute atomic E-state index is 13.6. The van der Waals surface area contributed by atoms with Crippen molar-refractivity contribution in [2.45, 2.75) is 83.8 Å². The predicted octanol–water partition coefficient (Wildman–Crippen LogP) is 5.13. The number of nitrogens with zero attached hydrogens (tertiary/aromatic N) is 4. The van der Waals surface area contributed by atoms with Crippen LogP contribution in [0.4, 0.5) is 15.0 Å². The molecule has 9 nitrogen and oxygen atoms in total. The van der Waals surface area contributed by atoms with E-state index in [4.69, 9.17) is 26.4 Å². The van der Waals surface area contributed by atoms with E-state index in [1.807, 2.05) is 0 Å². The van der Waals surface area contributed by atoms with Crippen molar-refractivity contribution in [3.8, 4) is 12.3 Å². The Morgan fingerprint density at radius 1 is 1.26 bits per heavy atom. The van der Waals surface area contributed by atoms with Gasteiger partial charge in [0.05, 0.1) is 12.9 Å². The van der Waals surface area contributed by atoms with Gasteiger partial charge in [0.25, 0.3) is 0 Å². The number of unbranched alkanes of at least 4 members (excludes halogenated alkanes) is 1. The van der Waals surface area contributed by atoms with Gasteiger partial charge in [-0.05, 0) is 74.5 Å². The molecule has 2 aromatic rings. The number of hydrogen-bond donors (Lipinski definition) is 1. The number of rotatable bonds is 11. The number of fused-ring (bicyclic) bond motifs is 3. The minimum absolute atomic E-state index is 0.0441. The summed E-state index contributed by atoms with van der Waals surface area (Å²) in [6.07, 6.45) is 15.6. The molecule has 2 heterocycles. The maximum Gasteiger partial charge on any atom is 0.508 e. The van der Waals surface area contributed by atoms with E-state index in [0.717, 1.165) is 30.6 Å². The van der Waals surface area contributed by atoms with Gasteiger partial charge in [0.15, 0.2) is 17.1 Å². The minimum Gasteiger partial charge on any atom is -0.434 e. The van der Waals surface area contributed by atoms with E-state index in [1.165, 1.54) is 52.0 Å². The van der Waals surface area contributed by atoms with E-state index < -0.39 is 17.8 Å². The largest absolute Gasteiger partial charge is 0.508 e. The summed E-state index contributed by atoms with van der Waals surface area (Å²) >= 11 is 0. The number of aryl methyl sites for hydroxylation is 1. The Bertz CT molecular complexity index is 1150. The Morgan fingerprint density at radius 2 is 2.00 bits per heavy atom. The van der Waals surface area contributed by atoms with Gasteiger partial charge >= 0.3 is 12.2 Å². The molecule has 4 rings (SSSR count). The number of terminal acetylenes is 1. The smallest absolute Gasteiger partial charge is 0.434 e. The minimum atomic E-state index is -1.20. The summed E-state index contributed by atoms with van der Waals surface area (Å²) in [7, 11) is 1.45. The summed E-state index contributed by atoms with van der Waals surface area (Å²) in [5, 5.41) is 0. The first kappa shape index (κ1) is 28.1. The Morgan fingerprint density at radius 3 is 2.68 bits per heavy atom. The van der Waals surface area contributed by atoms with E-state index in [2.05, 4.69) is 34.7 Å². The molecule has 3 unspecified atom stereocenters. The molecule has 2 saturated carbocycles. The third-order valence-electron chi connectivity index (χ3n) is 8.39. The standard InChI is InChI=1S/C28H40FN5O4/c1-5-28(36-4,9-10-34-18-31-22-23(30)32-25(29)33-24(22)34)17-38-26(35)37-11-7-6-8-27(3)15-20-12-19(2)13-21(14-20)16-27/h1,18-21H,6-17H2,2-4H3,(H2,30,32,33). The highest BCUT2D eigenvalue weighted by atomic mass is 19.1. The van der Waals surface area contributed by atoms with Gasteiger partial charge in [-0.25, -0.2) is 9.78 Å². The Balaban J connectivity index is 1.19. The van der Waals surface area contributed by atoms with Gasteiger partial charge in [0, 0.05) is 20.1 Å². The lowest BCUT2D eigenvalue weighted by molar-refractivity contribution is -0.0395. The fourth-order valence-electron chi connectivity index (χ4n) is 6.75. The second kappa shape index (κ2) is 11.9. The van der Waals surface area contributed by atoms with E-state index >= 15 is 0 Å². The van der Waals surface area contributed by atoms with Gasteiger partial charge in [-0.2, -0.15) is 14.4 Å². The maximum atomic E-state index is 13.6. The third-order valence-corrected chi connectivity index (χ3v) is 8.39. The fourth-order valence-corrected chi connectivity index (χ4v) is 6.75. The monoisotopic (exact) mass is 529 g/mol. The van der Waals surface area contributed by atoms with Gasteiger partial charge in [-0.15, -0.1) is 6.42 Å². The van der Waals surface area contributed by atoms with Crippen LogP contribution in [0.3, 0.4) is 0 Å². The van der Waals surface area contributed by atoms with Gasteiger partial charge in [0.2, 0.25) is 0 Å². The Labute approximate surface area is 224 Å². The molecular weight excluding hydrogens is 489 g/mol. The molecule has 0 aromatic carbocycles. The van der Waals surface area contributed by atoms with E-state index in [1.54, 1.807) is 4.57 Å². The van der Waals surface area contributed by atoms with Crippen molar-refractivity contribution in [2.24, 2.45) is 23.2 Å². The van der Waals surface area contributed by atoms with Crippen molar-refractivity contribution in [3.63, 3.8) is 0 Å². The summed E-state index contributed by atoms with van der Waals surface area (Å²) in [6.45, 7) is 5.24. The second-order valence-corrected chi connectivity index (χ2v) is 11.7. The summed E-state index contributed by atoms with van der Waals surface area (Å²) in [4.78, 5) is 23.6. The lowest BCUT2D eigenvalue weighted by Gasteiger charge is -2.47. The summed E-state index contributed by atoms with van der Waals surface area (Å²) < 4.78 is 31.3. The number of nitrogens with two attached hydrogens (primary N) is 1. The molecule has 2 aliphatic carbocycles. The topological polar surface area (TPSA) is 114 Å². The number of carbonyl (C=O) groups is 1. The molecule has 208 valence electrons. The normalized spacial score (nSPS) is 26.4. The quantitative estimate of drug-likeness (QED) is 0.184. The fraction of sp³-hybridized carbons (Fsp3) is 0.714. The zero-order chi connectivity index (χ0) is 27.3. The number of ether oxygens (including phenoxy) is 3. The number of nitrogen functional groups attached to an aromatic ring is 1. The summed E-state index contributed by atoms with van der Waals surface area (Å²) in [6, 6.07) is 0. The number of imidazole rings is 1. The SMILES string of the molecule is C#CC(CCn1cnc2c(N)nc(F)nc21)(COC(=O)OCCCCC1(C)CC2CC(C)CC(C2)C1)OC.